The maximum Gasteiger partial charge on any atom is 0.238 e. The summed E-state index contributed by atoms with van der Waals surface area (Å²) in [6.07, 6.45) is 0.371. The van der Waals surface area contributed by atoms with Crippen LogP contribution in [0.2, 0.25) is 0 Å². The summed E-state index contributed by atoms with van der Waals surface area (Å²) in [4.78, 5) is 13.9. The average Bonchev–Trinajstić information content (AvgIpc) is 2.39. The Morgan fingerprint density at radius 1 is 1.43 bits per heavy atom. The first-order valence-electron chi connectivity index (χ1n) is 7.13. The Morgan fingerprint density at radius 3 is 2.57 bits per heavy atom. The normalized spacial score (nSPS) is 17.1. The molecule has 2 rings (SSSR count). The Bertz CT molecular complexity index is 540. The van der Waals surface area contributed by atoms with E-state index in [0.29, 0.717) is 19.5 Å². The number of hydrogen-bond donors (Lipinski definition) is 2. The van der Waals surface area contributed by atoms with E-state index in [1.807, 2.05) is 30.9 Å². The molecule has 0 spiro atoms. The lowest BCUT2D eigenvalue weighted by Crippen LogP contribution is -2.65. The first kappa shape index (κ1) is 15.5. The molecule has 0 bridgehead atoms. The Balaban J connectivity index is 1.79. The van der Waals surface area contributed by atoms with E-state index in [0.717, 1.165) is 11.3 Å². The second-order valence-electron chi connectivity index (χ2n) is 5.98. The minimum Gasteiger partial charge on any atom is -0.387 e. The largest absolute Gasteiger partial charge is 0.387 e. The molecule has 1 fully saturated rings. The number of nitriles is 1. The summed E-state index contributed by atoms with van der Waals surface area (Å²) in [5, 5.41) is 21.6. The second-order valence-corrected chi connectivity index (χ2v) is 5.98. The smallest absolute Gasteiger partial charge is 0.238 e. The van der Waals surface area contributed by atoms with Crippen molar-refractivity contribution in [2.45, 2.75) is 25.9 Å². The minimum absolute atomic E-state index is 0.0890. The topological polar surface area (TPSA) is 76.4 Å². The van der Waals surface area contributed by atoms with Crippen LogP contribution in [0.4, 0.5) is 5.69 Å². The van der Waals surface area contributed by atoms with Crippen molar-refractivity contribution in [3.63, 3.8) is 0 Å². The third kappa shape index (κ3) is 3.81. The number of amides is 1. The van der Waals surface area contributed by atoms with Crippen molar-refractivity contribution in [3.05, 3.63) is 29.8 Å². The maximum atomic E-state index is 11.9. The minimum atomic E-state index is -0.654. The monoisotopic (exact) mass is 287 g/mol. The molecule has 112 valence electrons. The molecule has 5 heteroatoms. The van der Waals surface area contributed by atoms with Crippen molar-refractivity contribution in [1.82, 2.24) is 4.90 Å². The van der Waals surface area contributed by atoms with Crippen LogP contribution in [-0.2, 0) is 11.2 Å². The van der Waals surface area contributed by atoms with E-state index in [1.165, 1.54) is 0 Å². The number of rotatable bonds is 5. The highest BCUT2D eigenvalue weighted by molar-refractivity contribution is 5.92. The molecular formula is C16H21N3O2. The van der Waals surface area contributed by atoms with Gasteiger partial charge < -0.3 is 10.4 Å². The Kier molecular flexibility index (Phi) is 4.61. The number of β-amino-alcohol motifs (C(OH)–C–C–N with tert-alkyl or cyclic N) is 1. The van der Waals surface area contributed by atoms with Gasteiger partial charge in [0.25, 0.3) is 0 Å². The molecule has 0 atom stereocenters. The number of benzene rings is 1. The number of anilines is 1. The third-order valence-corrected chi connectivity index (χ3v) is 3.96. The quantitative estimate of drug-likeness (QED) is 0.858. The molecule has 0 aliphatic carbocycles. The molecular weight excluding hydrogens is 266 g/mol. The standard InChI is InChI=1S/C16H21N3O2/c1-12(2)16(21)10-19(11-16)9-15(20)18-14-5-3-13(4-6-14)7-8-17/h3-6,12,21H,7,9-11H2,1-2H3,(H,18,20). The lowest BCUT2D eigenvalue weighted by atomic mass is 9.83. The van der Waals surface area contributed by atoms with E-state index in [2.05, 4.69) is 11.4 Å². The molecule has 2 N–H and O–H groups in total. The van der Waals surface area contributed by atoms with Crippen LogP contribution in [0.3, 0.4) is 0 Å². The van der Waals surface area contributed by atoms with E-state index in [1.54, 1.807) is 12.1 Å². The van der Waals surface area contributed by atoms with Crippen molar-refractivity contribution < 1.29 is 9.90 Å². The van der Waals surface area contributed by atoms with Gasteiger partial charge in [0, 0.05) is 18.8 Å². The van der Waals surface area contributed by atoms with Crippen molar-refractivity contribution in [3.8, 4) is 6.07 Å². The number of carbonyl (C=O) groups is 1. The first-order chi connectivity index (χ1) is 9.93. The van der Waals surface area contributed by atoms with Gasteiger partial charge in [0.1, 0.15) is 0 Å². The van der Waals surface area contributed by atoms with Gasteiger partial charge >= 0.3 is 0 Å². The van der Waals surface area contributed by atoms with Crippen molar-refractivity contribution in [2.24, 2.45) is 5.92 Å². The molecule has 0 unspecified atom stereocenters. The molecule has 0 saturated carbocycles. The van der Waals surface area contributed by atoms with Gasteiger partial charge in [-0.25, -0.2) is 0 Å². The van der Waals surface area contributed by atoms with Crippen LogP contribution in [0.25, 0.3) is 0 Å². The van der Waals surface area contributed by atoms with Gasteiger partial charge in [-0.2, -0.15) is 5.26 Å². The molecule has 0 aromatic heterocycles. The number of nitrogens with zero attached hydrogens (tertiary/aromatic N) is 2. The maximum absolute atomic E-state index is 11.9. The van der Waals surface area contributed by atoms with Gasteiger partial charge in [-0.15, -0.1) is 0 Å². The molecule has 1 heterocycles. The zero-order valence-corrected chi connectivity index (χ0v) is 12.5. The predicted octanol–water partition coefficient (Wildman–Crippen LogP) is 1.39. The summed E-state index contributed by atoms with van der Waals surface area (Å²) < 4.78 is 0. The zero-order valence-electron chi connectivity index (χ0n) is 12.5. The summed E-state index contributed by atoms with van der Waals surface area (Å²) in [5.74, 6) is 0.110. The fraction of sp³-hybridized carbons (Fsp3) is 0.500. The summed E-state index contributed by atoms with van der Waals surface area (Å²) in [7, 11) is 0. The third-order valence-electron chi connectivity index (χ3n) is 3.96. The van der Waals surface area contributed by atoms with Crippen molar-refractivity contribution in [1.29, 1.82) is 5.26 Å². The van der Waals surface area contributed by atoms with Gasteiger partial charge in [-0.3, -0.25) is 9.69 Å². The highest BCUT2D eigenvalue weighted by atomic mass is 16.3. The molecule has 1 amide bonds. The lowest BCUT2D eigenvalue weighted by Gasteiger charge is -2.48. The molecule has 1 saturated heterocycles. The SMILES string of the molecule is CC(C)C1(O)CN(CC(=O)Nc2ccc(CC#N)cc2)C1. The molecule has 1 aromatic carbocycles. The molecule has 0 radical (unpaired) electrons. The van der Waals surface area contributed by atoms with Gasteiger partial charge in [-0.05, 0) is 23.6 Å². The summed E-state index contributed by atoms with van der Waals surface area (Å²) >= 11 is 0. The summed E-state index contributed by atoms with van der Waals surface area (Å²) in [6.45, 7) is 5.34. The Hall–Kier alpha value is -1.90. The van der Waals surface area contributed by atoms with Gasteiger partial charge in [0.15, 0.2) is 0 Å². The average molecular weight is 287 g/mol. The fourth-order valence-electron chi connectivity index (χ4n) is 2.41. The summed E-state index contributed by atoms with van der Waals surface area (Å²) in [6, 6.07) is 9.34. The zero-order chi connectivity index (χ0) is 15.5. The fourth-order valence-corrected chi connectivity index (χ4v) is 2.41. The van der Waals surface area contributed by atoms with E-state index in [-0.39, 0.29) is 18.4 Å². The number of carbonyl (C=O) groups excluding carboxylic acids is 1. The molecule has 1 aliphatic heterocycles. The number of nitrogens with one attached hydrogen (secondary N) is 1. The van der Waals surface area contributed by atoms with Crippen LogP contribution in [0.15, 0.2) is 24.3 Å². The van der Waals surface area contributed by atoms with E-state index < -0.39 is 5.60 Å². The molecule has 21 heavy (non-hydrogen) atoms. The van der Waals surface area contributed by atoms with Crippen molar-refractivity contribution >= 4 is 11.6 Å². The van der Waals surface area contributed by atoms with Crippen molar-refractivity contribution in [2.75, 3.05) is 25.0 Å². The highest BCUT2D eigenvalue weighted by Crippen LogP contribution is 2.28. The van der Waals surface area contributed by atoms with E-state index >= 15 is 0 Å². The molecule has 1 aliphatic rings. The summed E-state index contributed by atoms with van der Waals surface area (Å²) in [5.41, 5.74) is 1.00. The van der Waals surface area contributed by atoms with E-state index in [4.69, 9.17) is 5.26 Å². The highest BCUT2D eigenvalue weighted by Gasteiger charge is 2.43. The van der Waals surface area contributed by atoms with Gasteiger partial charge in [0.2, 0.25) is 5.91 Å². The van der Waals surface area contributed by atoms with Crippen LogP contribution in [-0.4, -0.2) is 41.1 Å². The second kappa shape index (κ2) is 6.25. The lowest BCUT2D eigenvalue weighted by molar-refractivity contribution is -0.139. The first-order valence-corrected chi connectivity index (χ1v) is 7.13. The number of hydrogen-bond acceptors (Lipinski definition) is 4. The van der Waals surface area contributed by atoms with Gasteiger partial charge in [-0.1, -0.05) is 26.0 Å². The Labute approximate surface area is 125 Å². The number of aliphatic hydroxyl groups is 1. The Morgan fingerprint density at radius 2 is 2.05 bits per heavy atom. The van der Waals surface area contributed by atoms with E-state index in [9.17, 15) is 9.90 Å². The van der Waals surface area contributed by atoms with Crippen LogP contribution >= 0.6 is 0 Å². The van der Waals surface area contributed by atoms with Crippen LogP contribution in [0, 0.1) is 17.2 Å². The van der Waals surface area contributed by atoms with Gasteiger partial charge in [0.05, 0.1) is 24.6 Å². The molecule has 1 aromatic rings. The molecule has 5 nitrogen and oxygen atoms in total. The van der Waals surface area contributed by atoms with Crippen LogP contribution in [0.5, 0.6) is 0 Å². The van der Waals surface area contributed by atoms with Crippen LogP contribution < -0.4 is 5.32 Å². The van der Waals surface area contributed by atoms with Crippen LogP contribution in [0.1, 0.15) is 19.4 Å². The number of likely N-dealkylation sites (tertiary alicyclic amines) is 1. The predicted molar refractivity (Wildman–Crippen MR) is 80.6 cm³/mol.